The van der Waals surface area contributed by atoms with Crippen molar-refractivity contribution < 1.29 is 17.9 Å². The van der Waals surface area contributed by atoms with Crippen molar-refractivity contribution in [1.82, 2.24) is 0 Å². The third-order valence-electron chi connectivity index (χ3n) is 3.82. The largest absolute Gasteiger partial charge is 0.459 e. The average Bonchev–Trinajstić information content (AvgIpc) is 2.46. The van der Waals surface area contributed by atoms with Gasteiger partial charge in [0.2, 0.25) is 10.0 Å². The summed E-state index contributed by atoms with van der Waals surface area (Å²) in [4.78, 5) is 12.1. The minimum Gasteiger partial charge on any atom is -0.459 e. The summed E-state index contributed by atoms with van der Waals surface area (Å²) in [6.07, 6.45) is 5.53. The van der Waals surface area contributed by atoms with Crippen LogP contribution in [-0.4, -0.2) is 20.5 Å². The van der Waals surface area contributed by atoms with Crippen LogP contribution in [0.3, 0.4) is 0 Å². The average molecular weight is 311 g/mol. The zero-order valence-electron chi connectivity index (χ0n) is 12.2. The van der Waals surface area contributed by atoms with Crippen LogP contribution in [0.15, 0.2) is 23.1 Å². The molecule has 0 aliphatic heterocycles. The number of hydrogen-bond donors (Lipinski definition) is 1. The van der Waals surface area contributed by atoms with Crippen LogP contribution in [0.1, 0.15) is 54.9 Å². The van der Waals surface area contributed by atoms with E-state index in [-0.39, 0.29) is 16.6 Å². The van der Waals surface area contributed by atoms with E-state index in [1.54, 1.807) is 12.1 Å². The molecule has 1 saturated carbocycles. The summed E-state index contributed by atoms with van der Waals surface area (Å²) in [5, 5.41) is 5.21. The molecule has 1 aromatic rings. The van der Waals surface area contributed by atoms with Gasteiger partial charge in [-0.1, -0.05) is 19.4 Å². The van der Waals surface area contributed by atoms with E-state index >= 15 is 0 Å². The fourth-order valence-corrected chi connectivity index (χ4v) is 3.51. The Hall–Kier alpha value is -1.40. The fourth-order valence-electron chi connectivity index (χ4n) is 2.64. The number of primary sulfonamides is 1. The summed E-state index contributed by atoms with van der Waals surface area (Å²) in [6, 6.07) is 4.54. The first kappa shape index (κ1) is 16.0. The Balaban J connectivity index is 2.21. The molecule has 0 spiro atoms. The van der Waals surface area contributed by atoms with Gasteiger partial charge in [-0.25, -0.2) is 18.4 Å². The number of ether oxygens (including phenoxy) is 1. The van der Waals surface area contributed by atoms with E-state index in [4.69, 9.17) is 9.88 Å². The molecule has 0 unspecified atom stereocenters. The van der Waals surface area contributed by atoms with Gasteiger partial charge in [0.15, 0.2) is 0 Å². The number of nitrogens with two attached hydrogens (primary N) is 1. The Bertz CT molecular complexity index is 619. The molecule has 1 aliphatic rings. The van der Waals surface area contributed by atoms with Crippen LogP contribution in [0.5, 0.6) is 0 Å². The minimum atomic E-state index is -3.84. The molecule has 0 bridgehead atoms. The van der Waals surface area contributed by atoms with Gasteiger partial charge in [-0.3, -0.25) is 0 Å². The lowest BCUT2D eigenvalue weighted by molar-refractivity contribution is 0.0211. The van der Waals surface area contributed by atoms with E-state index in [2.05, 4.69) is 0 Å². The number of rotatable bonds is 4. The monoisotopic (exact) mass is 311 g/mol. The highest BCUT2D eigenvalue weighted by Crippen LogP contribution is 2.23. The van der Waals surface area contributed by atoms with Gasteiger partial charge in [-0.2, -0.15) is 0 Å². The van der Waals surface area contributed by atoms with Crippen molar-refractivity contribution in [3.8, 4) is 0 Å². The predicted molar refractivity (Wildman–Crippen MR) is 79.5 cm³/mol. The first-order valence-corrected chi connectivity index (χ1v) is 8.83. The maximum absolute atomic E-state index is 12.1. The number of carbonyl (C=O) groups excluding carboxylic acids is 1. The molecule has 2 rings (SSSR count). The first-order chi connectivity index (χ1) is 9.91. The molecule has 0 heterocycles. The predicted octanol–water partition coefficient (Wildman–Crippen LogP) is 2.39. The number of benzene rings is 1. The van der Waals surface area contributed by atoms with Crippen LogP contribution < -0.4 is 5.14 Å². The molecule has 1 fully saturated rings. The van der Waals surface area contributed by atoms with Crippen molar-refractivity contribution in [2.24, 2.45) is 5.14 Å². The Kier molecular flexibility index (Phi) is 5.00. The second-order valence-corrected chi connectivity index (χ2v) is 6.92. The maximum Gasteiger partial charge on any atom is 0.338 e. The molecule has 0 radical (unpaired) electrons. The molecule has 6 heteroatoms. The molecule has 0 saturated heterocycles. The molecule has 0 atom stereocenters. The first-order valence-electron chi connectivity index (χ1n) is 7.28. The fraction of sp³-hybridized carbons (Fsp3) is 0.533. The highest BCUT2D eigenvalue weighted by Gasteiger charge is 2.21. The summed E-state index contributed by atoms with van der Waals surface area (Å²) in [5.41, 5.74) is 0.841. The lowest BCUT2D eigenvalue weighted by atomic mass is 9.98. The van der Waals surface area contributed by atoms with Crippen LogP contribution >= 0.6 is 0 Å². The summed E-state index contributed by atoms with van der Waals surface area (Å²) in [6.45, 7) is 1.84. The molecular formula is C15H21NO4S. The Labute approximate surface area is 125 Å². The molecule has 1 aliphatic carbocycles. The standard InChI is InChI=1S/C15H21NO4S/c1-2-11-8-9-12(10-14(11)21(16,18)19)15(17)20-13-6-4-3-5-7-13/h8-10,13H,2-7H2,1H3,(H2,16,18,19). The van der Waals surface area contributed by atoms with E-state index in [1.807, 2.05) is 6.92 Å². The smallest absolute Gasteiger partial charge is 0.338 e. The van der Waals surface area contributed by atoms with Crippen molar-refractivity contribution in [3.63, 3.8) is 0 Å². The number of carbonyl (C=O) groups is 1. The summed E-state index contributed by atoms with van der Waals surface area (Å²) in [7, 11) is -3.84. The van der Waals surface area contributed by atoms with Gasteiger partial charge in [-0.05, 0) is 49.8 Å². The van der Waals surface area contributed by atoms with E-state index < -0.39 is 16.0 Å². The highest BCUT2D eigenvalue weighted by atomic mass is 32.2. The second-order valence-electron chi connectivity index (χ2n) is 5.39. The number of sulfonamides is 1. The van der Waals surface area contributed by atoms with E-state index in [0.717, 1.165) is 25.7 Å². The van der Waals surface area contributed by atoms with Crippen molar-refractivity contribution in [2.75, 3.05) is 0 Å². The van der Waals surface area contributed by atoms with Gasteiger partial charge in [0.1, 0.15) is 6.10 Å². The molecule has 1 aromatic carbocycles. The number of esters is 1. The Morgan fingerprint density at radius 2 is 1.95 bits per heavy atom. The highest BCUT2D eigenvalue weighted by molar-refractivity contribution is 7.89. The molecule has 116 valence electrons. The van der Waals surface area contributed by atoms with Crippen molar-refractivity contribution in [2.45, 2.75) is 56.4 Å². The molecule has 0 amide bonds. The minimum absolute atomic E-state index is 0.00286. The number of hydrogen-bond acceptors (Lipinski definition) is 4. The van der Waals surface area contributed by atoms with Gasteiger partial charge in [-0.15, -0.1) is 0 Å². The zero-order valence-corrected chi connectivity index (χ0v) is 13.0. The summed E-state index contributed by atoms with van der Waals surface area (Å²) in [5.74, 6) is -0.477. The van der Waals surface area contributed by atoms with Crippen LogP contribution in [-0.2, 0) is 21.2 Å². The van der Waals surface area contributed by atoms with Gasteiger partial charge in [0.05, 0.1) is 10.5 Å². The van der Waals surface area contributed by atoms with Crippen LogP contribution in [0.2, 0.25) is 0 Å². The van der Waals surface area contributed by atoms with E-state index in [9.17, 15) is 13.2 Å². The SMILES string of the molecule is CCc1ccc(C(=O)OC2CCCCC2)cc1S(N)(=O)=O. The molecule has 2 N–H and O–H groups in total. The van der Waals surface area contributed by atoms with Crippen LogP contribution in [0, 0.1) is 0 Å². The Morgan fingerprint density at radius 3 is 2.52 bits per heavy atom. The maximum atomic E-state index is 12.1. The van der Waals surface area contributed by atoms with Crippen molar-refractivity contribution in [3.05, 3.63) is 29.3 Å². The van der Waals surface area contributed by atoms with E-state index in [1.165, 1.54) is 12.5 Å². The lowest BCUT2D eigenvalue weighted by Gasteiger charge is -2.22. The van der Waals surface area contributed by atoms with Crippen molar-refractivity contribution >= 4 is 16.0 Å². The Morgan fingerprint density at radius 1 is 1.29 bits per heavy atom. The van der Waals surface area contributed by atoms with Crippen LogP contribution in [0.25, 0.3) is 0 Å². The molecular weight excluding hydrogens is 290 g/mol. The van der Waals surface area contributed by atoms with Gasteiger partial charge in [0.25, 0.3) is 0 Å². The van der Waals surface area contributed by atoms with Crippen molar-refractivity contribution in [1.29, 1.82) is 0 Å². The summed E-state index contributed by atoms with van der Waals surface area (Å²) >= 11 is 0. The van der Waals surface area contributed by atoms with Gasteiger partial charge in [0, 0.05) is 0 Å². The zero-order chi connectivity index (χ0) is 15.5. The topological polar surface area (TPSA) is 86.5 Å². The van der Waals surface area contributed by atoms with E-state index in [0.29, 0.717) is 12.0 Å². The third-order valence-corrected chi connectivity index (χ3v) is 4.81. The summed E-state index contributed by atoms with van der Waals surface area (Å²) < 4.78 is 28.7. The molecule has 5 nitrogen and oxygen atoms in total. The quantitative estimate of drug-likeness (QED) is 0.865. The third kappa shape index (κ3) is 4.04. The number of aryl methyl sites for hydroxylation is 1. The molecule has 0 aromatic heterocycles. The normalized spacial score (nSPS) is 16.7. The van der Waals surface area contributed by atoms with Gasteiger partial charge < -0.3 is 4.74 Å². The molecule has 21 heavy (non-hydrogen) atoms. The van der Waals surface area contributed by atoms with Gasteiger partial charge >= 0.3 is 5.97 Å². The van der Waals surface area contributed by atoms with Crippen LogP contribution in [0.4, 0.5) is 0 Å². The second kappa shape index (κ2) is 6.58. The lowest BCUT2D eigenvalue weighted by Crippen LogP contribution is -2.21.